The molecule has 0 spiro atoms. The quantitative estimate of drug-likeness (QED) is 0.525. The summed E-state index contributed by atoms with van der Waals surface area (Å²) in [5.41, 5.74) is 0. The fourth-order valence-electron chi connectivity index (χ4n) is 1.96. The van der Waals surface area contributed by atoms with Gasteiger partial charge in [0.25, 0.3) is 0 Å². The summed E-state index contributed by atoms with van der Waals surface area (Å²) in [6.07, 6.45) is 9.56. The van der Waals surface area contributed by atoms with E-state index in [4.69, 9.17) is 0 Å². The smallest absolute Gasteiger partial charge is 0.000651 e. The van der Waals surface area contributed by atoms with Gasteiger partial charge in [0.1, 0.15) is 0 Å². The van der Waals surface area contributed by atoms with Gasteiger partial charge in [-0.1, -0.05) is 94.4 Å². The zero-order valence-corrected chi connectivity index (χ0v) is 17.4. The van der Waals surface area contributed by atoms with E-state index in [2.05, 4.69) is 46.6 Å². The Morgan fingerprint density at radius 1 is 0.857 bits per heavy atom. The maximum atomic E-state index is 2.44. The maximum absolute atomic E-state index is 2.44. The van der Waals surface area contributed by atoms with Crippen LogP contribution in [0.1, 0.15) is 107 Å². The van der Waals surface area contributed by atoms with E-state index in [-0.39, 0.29) is 0 Å². The predicted octanol–water partition coefficient (Wildman–Crippen LogP) is 7.40. The largest absolute Gasteiger partial charge is 0.306 e. The Labute approximate surface area is 138 Å². The topological polar surface area (TPSA) is 3.24 Å². The molecule has 1 rings (SSSR count). The highest BCUT2D eigenvalue weighted by Gasteiger charge is 2.14. The van der Waals surface area contributed by atoms with Gasteiger partial charge in [-0.05, 0) is 32.4 Å². The first-order chi connectivity index (χ1) is 10.2. The molecule has 0 saturated carbocycles. The Hall–Kier alpha value is -0.0400. The van der Waals surface area contributed by atoms with Crippen molar-refractivity contribution >= 4 is 0 Å². The minimum absolute atomic E-state index is 0.990. The lowest BCUT2D eigenvalue weighted by atomic mass is 9.96. The molecule has 0 aromatic carbocycles. The summed E-state index contributed by atoms with van der Waals surface area (Å²) in [4.78, 5) is 2.44. The molecular formula is C20H49N. The van der Waals surface area contributed by atoms with Gasteiger partial charge in [0.15, 0.2) is 0 Å². The molecule has 0 aliphatic carbocycles. The molecule has 1 aliphatic rings. The van der Waals surface area contributed by atoms with Crippen molar-refractivity contribution in [2.45, 2.75) is 107 Å². The Balaban J connectivity index is -0.000000103. The second kappa shape index (κ2) is 32.1. The highest BCUT2D eigenvalue weighted by Crippen LogP contribution is 2.17. The predicted molar refractivity (Wildman–Crippen MR) is 104 cm³/mol. The molecule has 1 saturated heterocycles. The number of hydrogen-bond donors (Lipinski definition) is 0. The average molecular weight is 304 g/mol. The molecule has 1 unspecified atom stereocenters. The van der Waals surface area contributed by atoms with Crippen molar-refractivity contribution in [2.75, 3.05) is 20.1 Å². The van der Waals surface area contributed by atoms with E-state index in [9.17, 15) is 0 Å². The molecule has 1 heteroatoms. The summed E-state index contributed by atoms with van der Waals surface area (Å²) in [6, 6.07) is 0. The van der Waals surface area contributed by atoms with Gasteiger partial charge in [-0.3, -0.25) is 0 Å². The van der Waals surface area contributed by atoms with Gasteiger partial charge in [0.05, 0.1) is 0 Å². The number of unbranched alkanes of at least 4 members (excludes halogenated alkanes) is 2. The van der Waals surface area contributed by atoms with Crippen molar-refractivity contribution in [3.63, 3.8) is 0 Å². The van der Waals surface area contributed by atoms with Crippen LogP contribution in [0.25, 0.3) is 0 Å². The van der Waals surface area contributed by atoms with Crippen LogP contribution in [0, 0.1) is 5.92 Å². The lowest BCUT2D eigenvalue weighted by Gasteiger charge is -2.28. The van der Waals surface area contributed by atoms with E-state index in [0.717, 1.165) is 5.92 Å². The first-order valence-corrected chi connectivity index (χ1v) is 9.84. The summed E-state index contributed by atoms with van der Waals surface area (Å²) in [7, 11) is 2.22. The van der Waals surface area contributed by atoms with Gasteiger partial charge in [-0.2, -0.15) is 0 Å². The van der Waals surface area contributed by atoms with Crippen molar-refractivity contribution in [2.24, 2.45) is 5.92 Å². The van der Waals surface area contributed by atoms with Crippen LogP contribution < -0.4 is 0 Å². The summed E-state index contributed by atoms with van der Waals surface area (Å²) < 4.78 is 0. The standard InChI is InChI=1S/C8H17N.C5H12.C3H8.2C2H6/c1-3-8-5-4-6-9(2)7-8;1-3-5-4-2;1-3-2;2*1-2/h8H,3-7H2,1-2H3;3-5H2,1-2H3;3H2,1-2H3;2*1-2H3. The van der Waals surface area contributed by atoms with Crippen LogP contribution in [0.3, 0.4) is 0 Å². The summed E-state index contributed by atoms with van der Waals surface area (Å²) >= 11 is 0. The third kappa shape index (κ3) is 33.0. The van der Waals surface area contributed by atoms with E-state index in [1.807, 2.05) is 27.7 Å². The Morgan fingerprint density at radius 2 is 1.29 bits per heavy atom. The Morgan fingerprint density at radius 3 is 1.48 bits per heavy atom. The maximum Gasteiger partial charge on any atom is 0.000651 e. The summed E-state index contributed by atoms with van der Waals surface area (Å²) in [5.74, 6) is 0.990. The third-order valence-corrected chi connectivity index (χ3v) is 3.01. The number of piperidine rings is 1. The second-order valence-electron chi connectivity index (χ2n) is 5.24. The second-order valence-corrected chi connectivity index (χ2v) is 5.24. The van der Waals surface area contributed by atoms with Crippen LogP contribution >= 0.6 is 0 Å². The molecule has 0 N–H and O–H groups in total. The van der Waals surface area contributed by atoms with Gasteiger partial charge in [0, 0.05) is 6.54 Å². The molecule has 1 heterocycles. The number of hydrogen-bond acceptors (Lipinski definition) is 1. The zero-order valence-electron chi connectivity index (χ0n) is 17.4. The molecule has 0 amide bonds. The minimum atomic E-state index is 0.990. The lowest BCUT2D eigenvalue weighted by molar-refractivity contribution is 0.206. The molecule has 1 fully saturated rings. The zero-order chi connectivity index (χ0) is 17.5. The minimum Gasteiger partial charge on any atom is -0.306 e. The number of nitrogens with zero attached hydrogens (tertiary/aromatic N) is 1. The molecule has 21 heavy (non-hydrogen) atoms. The third-order valence-electron chi connectivity index (χ3n) is 3.01. The van der Waals surface area contributed by atoms with E-state index in [0.29, 0.717) is 0 Å². The van der Waals surface area contributed by atoms with Crippen molar-refractivity contribution in [3.05, 3.63) is 0 Å². The summed E-state index contributed by atoms with van der Waals surface area (Å²) in [6.45, 7) is 21.6. The van der Waals surface area contributed by atoms with Gasteiger partial charge in [-0.25, -0.2) is 0 Å². The Bertz CT molecular complexity index is 121. The van der Waals surface area contributed by atoms with Gasteiger partial charge in [0.2, 0.25) is 0 Å². The van der Waals surface area contributed by atoms with Crippen LogP contribution in [-0.4, -0.2) is 25.0 Å². The molecule has 0 aromatic heterocycles. The van der Waals surface area contributed by atoms with E-state index >= 15 is 0 Å². The first-order valence-electron chi connectivity index (χ1n) is 9.84. The molecule has 0 bridgehead atoms. The van der Waals surface area contributed by atoms with E-state index < -0.39 is 0 Å². The Kier molecular flexibility index (Phi) is 44.3. The average Bonchev–Trinajstić information content (AvgIpc) is 2.53. The van der Waals surface area contributed by atoms with Crippen LogP contribution in [0.2, 0.25) is 0 Å². The van der Waals surface area contributed by atoms with Gasteiger partial charge >= 0.3 is 0 Å². The van der Waals surface area contributed by atoms with Gasteiger partial charge in [-0.15, -0.1) is 0 Å². The number of likely N-dealkylation sites (tertiary alicyclic amines) is 1. The molecule has 1 nitrogen and oxygen atoms in total. The van der Waals surface area contributed by atoms with Gasteiger partial charge < -0.3 is 4.90 Å². The van der Waals surface area contributed by atoms with Crippen LogP contribution in [0.4, 0.5) is 0 Å². The van der Waals surface area contributed by atoms with Crippen LogP contribution in [-0.2, 0) is 0 Å². The van der Waals surface area contributed by atoms with Crippen molar-refractivity contribution < 1.29 is 0 Å². The molecule has 134 valence electrons. The van der Waals surface area contributed by atoms with E-state index in [1.54, 1.807) is 0 Å². The lowest BCUT2D eigenvalue weighted by Crippen LogP contribution is -2.31. The SMILES string of the molecule is CC.CC.CCC.CCC1CCCN(C)C1.CCCCC. The highest BCUT2D eigenvalue weighted by atomic mass is 15.1. The fraction of sp³-hybridized carbons (Fsp3) is 1.00. The van der Waals surface area contributed by atoms with Crippen molar-refractivity contribution in [3.8, 4) is 0 Å². The van der Waals surface area contributed by atoms with Crippen molar-refractivity contribution in [1.29, 1.82) is 0 Å². The normalized spacial score (nSPS) is 16.6. The van der Waals surface area contributed by atoms with Crippen LogP contribution in [0.5, 0.6) is 0 Å². The number of rotatable bonds is 3. The molecule has 0 radical (unpaired) electrons. The van der Waals surface area contributed by atoms with Crippen LogP contribution in [0.15, 0.2) is 0 Å². The van der Waals surface area contributed by atoms with Crippen molar-refractivity contribution in [1.82, 2.24) is 4.90 Å². The molecular weight excluding hydrogens is 254 g/mol. The molecule has 0 aromatic rings. The van der Waals surface area contributed by atoms with E-state index in [1.165, 1.54) is 58.0 Å². The monoisotopic (exact) mass is 303 g/mol. The summed E-state index contributed by atoms with van der Waals surface area (Å²) in [5, 5.41) is 0. The fourth-order valence-corrected chi connectivity index (χ4v) is 1.96. The highest BCUT2D eigenvalue weighted by molar-refractivity contribution is 4.68. The molecule has 1 aliphatic heterocycles. The molecule has 1 atom stereocenters. The first kappa shape index (κ1) is 29.0.